The molecule has 82 valence electrons. The molecule has 0 atom stereocenters. The molecular formula is C9H7N3O4. The van der Waals surface area contributed by atoms with Crippen LogP contribution in [0.2, 0.25) is 0 Å². The maximum atomic E-state index is 10.9. The predicted molar refractivity (Wildman–Crippen MR) is 53.5 cm³/mol. The van der Waals surface area contributed by atoms with Crippen molar-refractivity contribution in [3.05, 3.63) is 39.8 Å². The highest BCUT2D eigenvalue weighted by Gasteiger charge is 2.21. The minimum absolute atomic E-state index is 0.0439. The highest BCUT2D eigenvalue weighted by Crippen LogP contribution is 2.21. The molecule has 7 nitrogen and oxygen atoms in total. The maximum absolute atomic E-state index is 10.9. The number of nitro groups is 1. The summed E-state index contributed by atoms with van der Waals surface area (Å²) >= 11 is 0. The van der Waals surface area contributed by atoms with E-state index < -0.39 is 10.9 Å². The Bertz CT molecular complexity index is 602. The van der Waals surface area contributed by atoms with Gasteiger partial charge in [-0.1, -0.05) is 0 Å². The third-order valence-electron chi connectivity index (χ3n) is 2.20. The van der Waals surface area contributed by atoms with E-state index in [0.29, 0.717) is 0 Å². The van der Waals surface area contributed by atoms with E-state index in [4.69, 9.17) is 5.11 Å². The number of pyridine rings is 1. The Labute approximate surface area is 89.1 Å². The van der Waals surface area contributed by atoms with Gasteiger partial charge in [0.15, 0.2) is 5.69 Å². The normalized spacial score (nSPS) is 10.6. The summed E-state index contributed by atoms with van der Waals surface area (Å²) in [7, 11) is 0. The van der Waals surface area contributed by atoms with E-state index in [1.165, 1.54) is 29.7 Å². The molecule has 0 bridgehead atoms. The molecule has 0 amide bonds. The van der Waals surface area contributed by atoms with E-state index in [9.17, 15) is 14.9 Å². The molecule has 16 heavy (non-hydrogen) atoms. The second-order valence-electron chi connectivity index (χ2n) is 3.20. The summed E-state index contributed by atoms with van der Waals surface area (Å²) in [5.74, 6) is -1.16. The van der Waals surface area contributed by atoms with Gasteiger partial charge in [-0.15, -0.1) is 0 Å². The lowest BCUT2D eigenvalue weighted by molar-refractivity contribution is -0.383. The molecule has 0 saturated carbocycles. The Morgan fingerprint density at radius 2 is 2.31 bits per heavy atom. The molecule has 1 N–H and O–H groups in total. The number of nitrogens with zero attached hydrogens (tertiary/aromatic N) is 3. The van der Waals surface area contributed by atoms with Crippen molar-refractivity contribution >= 4 is 17.3 Å². The minimum atomic E-state index is -1.16. The molecule has 2 rings (SSSR count). The maximum Gasteiger partial charge on any atom is 0.354 e. The van der Waals surface area contributed by atoms with Gasteiger partial charge in [-0.05, 0) is 13.0 Å². The second-order valence-corrected chi connectivity index (χ2v) is 3.20. The summed E-state index contributed by atoms with van der Waals surface area (Å²) < 4.78 is 1.20. The van der Waals surface area contributed by atoms with Gasteiger partial charge in [0.2, 0.25) is 5.65 Å². The van der Waals surface area contributed by atoms with Crippen molar-refractivity contribution in [2.45, 2.75) is 6.92 Å². The highest BCUT2D eigenvalue weighted by atomic mass is 16.6. The summed E-state index contributed by atoms with van der Waals surface area (Å²) in [5, 5.41) is 19.7. The van der Waals surface area contributed by atoms with Crippen LogP contribution in [0.4, 0.5) is 5.69 Å². The molecule has 0 fully saturated rings. The fourth-order valence-corrected chi connectivity index (χ4v) is 1.57. The number of aryl methyl sites for hydroxylation is 1. The fraction of sp³-hybridized carbons (Fsp3) is 0.111. The van der Waals surface area contributed by atoms with Crippen molar-refractivity contribution in [1.82, 2.24) is 9.38 Å². The van der Waals surface area contributed by atoms with Crippen molar-refractivity contribution in [1.29, 1.82) is 0 Å². The largest absolute Gasteiger partial charge is 0.477 e. The van der Waals surface area contributed by atoms with Crippen molar-refractivity contribution in [3.63, 3.8) is 0 Å². The minimum Gasteiger partial charge on any atom is -0.477 e. The van der Waals surface area contributed by atoms with Gasteiger partial charge >= 0.3 is 11.7 Å². The van der Waals surface area contributed by atoms with Crippen LogP contribution in [0.5, 0.6) is 0 Å². The van der Waals surface area contributed by atoms with Crippen molar-refractivity contribution in [2.24, 2.45) is 0 Å². The van der Waals surface area contributed by atoms with Crippen LogP contribution < -0.4 is 0 Å². The molecule has 0 radical (unpaired) electrons. The van der Waals surface area contributed by atoms with Crippen LogP contribution in [0.1, 0.15) is 16.2 Å². The molecule has 0 aliphatic carbocycles. The molecule has 2 heterocycles. The lowest BCUT2D eigenvalue weighted by atomic mass is 10.3. The summed E-state index contributed by atoms with van der Waals surface area (Å²) in [6, 6.07) is 2.70. The SMILES string of the molecule is Cc1nc2c([N+](=O)[O-])cccn2c1C(=O)O. The number of imidazole rings is 1. The first kappa shape index (κ1) is 10.1. The second kappa shape index (κ2) is 3.30. The zero-order chi connectivity index (χ0) is 11.9. The first-order valence-corrected chi connectivity index (χ1v) is 4.37. The number of carbonyl (C=O) groups is 1. The number of hydrogen-bond acceptors (Lipinski definition) is 4. The zero-order valence-electron chi connectivity index (χ0n) is 8.25. The molecule has 0 saturated heterocycles. The summed E-state index contributed by atoms with van der Waals surface area (Å²) in [5.41, 5.74) is 0.0287. The van der Waals surface area contributed by atoms with Crippen LogP contribution >= 0.6 is 0 Å². The molecule has 0 aromatic carbocycles. The Kier molecular flexibility index (Phi) is 2.08. The standard InChI is InChI=1S/C9H7N3O4/c1-5-7(9(13)14)11-4-2-3-6(12(15)16)8(11)10-5/h2-4H,1H3,(H,13,14). The van der Waals surface area contributed by atoms with Crippen LogP contribution in [0, 0.1) is 17.0 Å². The Morgan fingerprint density at radius 1 is 1.62 bits per heavy atom. The third-order valence-corrected chi connectivity index (χ3v) is 2.20. The van der Waals surface area contributed by atoms with Gasteiger partial charge in [0, 0.05) is 12.3 Å². The molecule has 2 aromatic heterocycles. The molecule has 0 aliphatic rings. The number of aromatic nitrogens is 2. The van der Waals surface area contributed by atoms with E-state index in [1.54, 1.807) is 0 Å². The monoisotopic (exact) mass is 221 g/mol. The number of aromatic carboxylic acids is 1. The van der Waals surface area contributed by atoms with Gasteiger partial charge in [-0.25, -0.2) is 9.78 Å². The molecule has 7 heteroatoms. The predicted octanol–water partition coefficient (Wildman–Crippen LogP) is 1.25. The van der Waals surface area contributed by atoms with Gasteiger partial charge < -0.3 is 5.11 Å². The number of rotatable bonds is 2. The quantitative estimate of drug-likeness (QED) is 0.607. The number of carboxylic acid groups (broad SMARTS) is 1. The summed E-state index contributed by atoms with van der Waals surface area (Å²) in [4.78, 5) is 25.0. The van der Waals surface area contributed by atoms with Crippen molar-refractivity contribution in [2.75, 3.05) is 0 Å². The smallest absolute Gasteiger partial charge is 0.354 e. The average Bonchev–Trinajstić information content (AvgIpc) is 2.52. The molecule has 2 aromatic rings. The molecule has 0 aliphatic heterocycles. The topological polar surface area (TPSA) is 97.7 Å². The molecular weight excluding hydrogens is 214 g/mol. The van der Waals surface area contributed by atoms with Gasteiger partial charge in [-0.2, -0.15) is 0 Å². The summed E-state index contributed by atoms with van der Waals surface area (Å²) in [6.07, 6.45) is 1.44. The molecule has 0 unspecified atom stereocenters. The van der Waals surface area contributed by atoms with Crippen LogP contribution in [-0.2, 0) is 0 Å². The van der Waals surface area contributed by atoms with Gasteiger partial charge in [0.25, 0.3) is 0 Å². The Hall–Kier alpha value is -2.44. The highest BCUT2D eigenvalue weighted by molar-refractivity contribution is 5.89. The van der Waals surface area contributed by atoms with Gasteiger partial charge in [-0.3, -0.25) is 14.5 Å². The Morgan fingerprint density at radius 3 is 2.88 bits per heavy atom. The van der Waals surface area contributed by atoms with E-state index in [-0.39, 0.29) is 22.7 Å². The van der Waals surface area contributed by atoms with E-state index >= 15 is 0 Å². The fourth-order valence-electron chi connectivity index (χ4n) is 1.57. The van der Waals surface area contributed by atoms with Crippen LogP contribution in [-0.4, -0.2) is 25.4 Å². The number of fused-ring (bicyclic) bond motifs is 1. The van der Waals surface area contributed by atoms with E-state index in [0.717, 1.165) is 0 Å². The van der Waals surface area contributed by atoms with Crippen LogP contribution in [0.3, 0.4) is 0 Å². The van der Waals surface area contributed by atoms with Crippen molar-refractivity contribution in [3.8, 4) is 0 Å². The van der Waals surface area contributed by atoms with Crippen LogP contribution in [0.15, 0.2) is 18.3 Å². The van der Waals surface area contributed by atoms with Crippen molar-refractivity contribution < 1.29 is 14.8 Å². The lowest BCUT2D eigenvalue weighted by Gasteiger charge is -1.97. The summed E-state index contributed by atoms with van der Waals surface area (Å²) in [6.45, 7) is 1.50. The van der Waals surface area contributed by atoms with Crippen LogP contribution in [0.25, 0.3) is 5.65 Å². The first-order valence-electron chi connectivity index (χ1n) is 4.37. The Balaban J connectivity index is 2.88. The molecule has 0 spiro atoms. The number of carboxylic acids is 1. The average molecular weight is 221 g/mol. The number of hydrogen-bond donors (Lipinski definition) is 1. The van der Waals surface area contributed by atoms with E-state index in [2.05, 4.69) is 4.98 Å². The third kappa shape index (κ3) is 1.29. The zero-order valence-corrected chi connectivity index (χ0v) is 8.25. The van der Waals surface area contributed by atoms with Gasteiger partial charge in [0.05, 0.1) is 10.6 Å². The first-order chi connectivity index (χ1) is 7.52. The van der Waals surface area contributed by atoms with E-state index in [1.807, 2.05) is 0 Å². The van der Waals surface area contributed by atoms with Gasteiger partial charge in [0.1, 0.15) is 0 Å². The lowest BCUT2D eigenvalue weighted by Crippen LogP contribution is -2.03.